The van der Waals surface area contributed by atoms with E-state index in [1.165, 1.54) is 66.7 Å². The van der Waals surface area contributed by atoms with Gasteiger partial charge in [0.25, 0.3) is 0 Å². The summed E-state index contributed by atoms with van der Waals surface area (Å²) in [5.41, 5.74) is 22.2. The van der Waals surface area contributed by atoms with Crippen molar-refractivity contribution in [2.75, 3.05) is 7.05 Å². The molecule has 14 aromatic rings. The van der Waals surface area contributed by atoms with Crippen LogP contribution in [-0.2, 0) is 0 Å². The first-order chi connectivity index (χ1) is 35.1. The minimum Gasteiger partial charge on any atom is -0.455 e. The van der Waals surface area contributed by atoms with Crippen molar-refractivity contribution in [3.63, 3.8) is 0 Å². The fourth-order valence-corrected chi connectivity index (χ4v) is 11.8. The minimum atomic E-state index is 0.591. The van der Waals surface area contributed by atoms with Crippen molar-refractivity contribution in [1.29, 1.82) is 0 Å². The Bertz CT molecular complexity index is 4450. The van der Waals surface area contributed by atoms with E-state index in [0.717, 1.165) is 77.3 Å². The van der Waals surface area contributed by atoms with Gasteiger partial charge in [-0.15, -0.1) is 0 Å². The van der Waals surface area contributed by atoms with Gasteiger partial charge in [0.2, 0.25) is 0 Å². The quantitative estimate of drug-likeness (QED) is 0.156. The van der Waals surface area contributed by atoms with Crippen molar-refractivity contribution in [3.05, 3.63) is 243 Å². The van der Waals surface area contributed by atoms with Gasteiger partial charge >= 0.3 is 0 Å². The van der Waals surface area contributed by atoms with Crippen molar-refractivity contribution in [2.24, 2.45) is 0 Å². The van der Waals surface area contributed by atoms with Gasteiger partial charge in [-0.2, -0.15) is 0 Å². The van der Waals surface area contributed by atoms with Gasteiger partial charge < -0.3 is 13.4 Å². The molecule has 4 heterocycles. The fourth-order valence-electron chi connectivity index (χ4n) is 11.8. The smallest absolute Gasteiger partial charge is 0.151 e. The second kappa shape index (κ2) is 15.1. The molecule has 71 heavy (non-hydrogen) atoms. The molecule has 3 aromatic heterocycles. The Morgan fingerprint density at radius 2 is 0.761 bits per heavy atom. The first kappa shape index (κ1) is 39.7. The second-order valence-corrected chi connectivity index (χ2v) is 19.1. The van der Waals surface area contributed by atoms with Crippen molar-refractivity contribution < 1.29 is 8.83 Å². The van der Waals surface area contributed by atoms with Gasteiger partial charge in [0, 0.05) is 67.3 Å². The first-order valence-corrected chi connectivity index (χ1v) is 24.3. The lowest BCUT2D eigenvalue weighted by Crippen LogP contribution is -2.31. The summed E-state index contributed by atoms with van der Waals surface area (Å²) < 4.78 is 16.8. The van der Waals surface area contributed by atoms with Crippen LogP contribution in [-0.4, -0.2) is 11.6 Å². The van der Waals surface area contributed by atoms with Crippen LogP contribution >= 0.6 is 0 Å². The first-order valence-electron chi connectivity index (χ1n) is 24.3. The highest BCUT2D eigenvalue weighted by Crippen LogP contribution is 2.58. The van der Waals surface area contributed by atoms with Crippen LogP contribution in [0.25, 0.3) is 127 Å². The van der Waals surface area contributed by atoms with E-state index in [2.05, 4.69) is 254 Å². The van der Waals surface area contributed by atoms with E-state index < -0.39 is 0 Å². The summed E-state index contributed by atoms with van der Waals surface area (Å²) in [6, 6.07) is 87.8. The molecule has 1 atom stereocenters. The van der Waals surface area contributed by atoms with E-state index in [0.29, 0.717) is 4.48 Å². The SMILES string of the molecule is C[N+]1(c2ccccc2)c2ccc(-c3ccccc3)cc2-c2cc(-c3cccc4c3oc3cc5oc6c(-c7ccc8c(c7)c7cc(-c9ccccc9)ccc7n8-c7ccccc7)cccc6c5cc34)ccc21. The normalized spacial score (nSPS) is 14.3. The van der Waals surface area contributed by atoms with E-state index in [1.54, 1.807) is 0 Å². The second-order valence-electron chi connectivity index (χ2n) is 19.1. The molecular formula is C67H43N2O2+. The Labute approximate surface area is 409 Å². The number of benzene rings is 11. The summed E-state index contributed by atoms with van der Waals surface area (Å²) in [4.78, 5) is 0. The van der Waals surface area contributed by atoms with E-state index in [-0.39, 0.29) is 0 Å². The van der Waals surface area contributed by atoms with Crippen molar-refractivity contribution in [1.82, 2.24) is 9.05 Å². The zero-order valence-electron chi connectivity index (χ0n) is 38.8. The minimum absolute atomic E-state index is 0.591. The Hall–Kier alpha value is -9.22. The van der Waals surface area contributed by atoms with Gasteiger partial charge in [0.05, 0.1) is 29.2 Å². The standard InChI is InChI=1S/C67H43N2O2/c1-69(49-22-12-5-13-23-49)62-34-30-45(43-18-8-3-9-19-43)37-56(62)57-39-47(31-35-63(57)69)51-25-15-27-53-59-40-58-52-26-14-24-50(66(52)70-64(58)41-65(59)71-67(51)53)46-29-33-61-55(38-46)54-36-44(42-16-6-2-7-17-42)28-32-60(54)68(61)48-20-10-4-11-21-48/h2-41H,1H3/q+1. The molecule has 0 saturated heterocycles. The number of hydrogen-bond acceptors (Lipinski definition) is 2. The maximum atomic E-state index is 6.94. The molecule has 0 spiro atoms. The number of nitrogens with zero attached hydrogens (tertiary/aromatic N) is 2. The summed E-state index contributed by atoms with van der Waals surface area (Å²) in [5, 5.41) is 6.70. The zero-order chi connectivity index (χ0) is 46.8. The third-order valence-electron chi connectivity index (χ3n) is 15.3. The van der Waals surface area contributed by atoms with Crippen LogP contribution < -0.4 is 4.48 Å². The highest BCUT2D eigenvalue weighted by atomic mass is 16.3. The van der Waals surface area contributed by atoms with Gasteiger partial charge in [-0.1, -0.05) is 146 Å². The summed E-state index contributed by atoms with van der Waals surface area (Å²) in [6.45, 7) is 0. The van der Waals surface area contributed by atoms with Crippen molar-refractivity contribution >= 4 is 82.7 Å². The predicted octanol–water partition coefficient (Wildman–Crippen LogP) is 18.8. The van der Waals surface area contributed by atoms with Crippen molar-refractivity contribution in [2.45, 2.75) is 0 Å². The molecule has 0 amide bonds. The number of rotatable bonds is 6. The maximum Gasteiger partial charge on any atom is 0.151 e. The molecule has 1 aliphatic rings. The number of quaternary nitrogens is 1. The lowest BCUT2D eigenvalue weighted by molar-refractivity contribution is 0.642. The van der Waals surface area contributed by atoms with Gasteiger partial charge in [0.1, 0.15) is 28.0 Å². The average molecular weight is 908 g/mol. The molecule has 0 radical (unpaired) electrons. The predicted molar refractivity (Wildman–Crippen MR) is 296 cm³/mol. The van der Waals surface area contributed by atoms with E-state index in [9.17, 15) is 0 Å². The highest BCUT2D eigenvalue weighted by Gasteiger charge is 2.43. The van der Waals surface area contributed by atoms with Crippen LogP contribution in [0.3, 0.4) is 0 Å². The number of para-hydroxylation sites is 4. The third kappa shape index (κ3) is 5.89. The number of hydrogen-bond donors (Lipinski definition) is 0. The van der Waals surface area contributed by atoms with Crippen LogP contribution in [0.15, 0.2) is 251 Å². The molecule has 0 aliphatic carbocycles. The molecule has 332 valence electrons. The lowest BCUT2D eigenvalue weighted by atomic mass is 9.95. The van der Waals surface area contributed by atoms with Crippen LogP contribution in [0.1, 0.15) is 0 Å². The van der Waals surface area contributed by atoms with Crippen LogP contribution in [0.5, 0.6) is 0 Å². The summed E-state index contributed by atoms with van der Waals surface area (Å²) in [7, 11) is 2.32. The summed E-state index contributed by atoms with van der Waals surface area (Å²) in [6.07, 6.45) is 0. The van der Waals surface area contributed by atoms with Gasteiger partial charge in [-0.3, -0.25) is 0 Å². The molecule has 0 N–H and O–H groups in total. The summed E-state index contributed by atoms with van der Waals surface area (Å²) >= 11 is 0. The Balaban J connectivity index is 0.860. The van der Waals surface area contributed by atoms with E-state index in [1.807, 2.05) is 0 Å². The largest absolute Gasteiger partial charge is 0.455 e. The monoisotopic (exact) mass is 907 g/mol. The number of furan rings is 2. The molecule has 1 aliphatic heterocycles. The molecule has 0 bridgehead atoms. The van der Waals surface area contributed by atoms with E-state index >= 15 is 0 Å². The van der Waals surface area contributed by atoms with Crippen LogP contribution in [0.2, 0.25) is 0 Å². The molecule has 11 aromatic carbocycles. The van der Waals surface area contributed by atoms with Gasteiger partial charge in [0.15, 0.2) is 11.4 Å². The molecule has 0 fully saturated rings. The fraction of sp³-hybridized carbons (Fsp3) is 0.0149. The van der Waals surface area contributed by atoms with Crippen LogP contribution in [0.4, 0.5) is 17.1 Å². The lowest BCUT2D eigenvalue weighted by Gasteiger charge is -2.30. The van der Waals surface area contributed by atoms with Gasteiger partial charge in [-0.05, 0) is 112 Å². The Morgan fingerprint density at radius 1 is 0.310 bits per heavy atom. The number of aromatic nitrogens is 1. The van der Waals surface area contributed by atoms with Gasteiger partial charge in [-0.25, -0.2) is 4.48 Å². The molecule has 15 rings (SSSR count). The zero-order valence-corrected chi connectivity index (χ0v) is 38.8. The molecule has 0 saturated carbocycles. The summed E-state index contributed by atoms with van der Waals surface area (Å²) in [5.74, 6) is 0. The maximum absolute atomic E-state index is 6.94. The van der Waals surface area contributed by atoms with Crippen molar-refractivity contribution in [3.8, 4) is 61.3 Å². The molecular weight excluding hydrogens is 865 g/mol. The molecule has 1 unspecified atom stereocenters. The van der Waals surface area contributed by atoms with Crippen LogP contribution in [0, 0.1) is 0 Å². The Morgan fingerprint density at radius 3 is 1.34 bits per heavy atom. The third-order valence-corrected chi connectivity index (χ3v) is 15.3. The number of fused-ring (bicyclic) bond motifs is 12. The molecule has 4 nitrogen and oxygen atoms in total. The van der Waals surface area contributed by atoms with E-state index in [4.69, 9.17) is 8.83 Å². The average Bonchev–Trinajstić information content (AvgIpc) is 4.17. The topological polar surface area (TPSA) is 31.2 Å². The highest BCUT2D eigenvalue weighted by molar-refractivity contribution is 6.19. The molecule has 4 heteroatoms. The Kier molecular flexibility index (Phi) is 8.47.